The minimum Gasteiger partial charge on any atom is -0.480 e. The Labute approximate surface area is 143 Å². The molecule has 0 radical (unpaired) electrons. The molecule has 0 saturated carbocycles. The molecule has 2 N–H and O–H groups in total. The first-order valence-electron chi connectivity index (χ1n) is 7.73. The number of aliphatic carboxylic acids is 1. The molecule has 0 spiro atoms. The molecule has 0 aromatic heterocycles. The summed E-state index contributed by atoms with van der Waals surface area (Å²) >= 11 is 0. The van der Waals surface area contributed by atoms with Crippen LogP contribution in [-0.2, 0) is 14.4 Å². The number of hydrogen-bond donors (Lipinski definition) is 2. The first-order chi connectivity index (χ1) is 11.8. The number of carboxylic acid groups (broad SMARTS) is 1. The van der Waals surface area contributed by atoms with E-state index in [0.717, 1.165) is 17.0 Å². The van der Waals surface area contributed by atoms with Crippen LogP contribution in [0.3, 0.4) is 0 Å². The van der Waals surface area contributed by atoms with Gasteiger partial charge in [-0.3, -0.25) is 9.59 Å². The lowest BCUT2D eigenvalue weighted by Gasteiger charge is -2.19. The van der Waals surface area contributed by atoms with E-state index in [-0.39, 0.29) is 25.1 Å². The highest BCUT2D eigenvalue weighted by Gasteiger charge is 2.37. The molecule has 1 aliphatic rings. The Bertz CT molecular complexity index is 708. The monoisotopic (exact) mass is 352 g/mol. The topological polar surface area (TPSA) is 86.7 Å². The Morgan fingerprint density at radius 2 is 2.16 bits per heavy atom. The zero-order chi connectivity index (χ0) is 18.6. The van der Waals surface area contributed by atoms with E-state index in [0.29, 0.717) is 12.5 Å². The number of allylic oxidation sites excluding steroid dienone is 1. The van der Waals surface area contributed by atoms with Crippen molar-refractivity contribution in [2.24, 2.45) is 5.92 Å². The second kappa shape index (κ2) is 7.87. The second-order valence-electron chi connectivity index (χ2n) is 5.77. The molecule has 1 fully saturated rings. The molecule has 25 heavy (non-hydrogen) atoms. The molecule has 0 bridgehead atoms. The number of amides is 2. The quantitative estimate of drug-likeness (QED) is 0.734. The SMILES string of the molecule is C=CCCC(NC(=O)C1CC(=O)N(c2ccc(F)cc2F)C1)C(=O)O. The van der Waals surface area contributed by atoms with Gasteiger partial charge in [0.15, 0.2) is 0 Å². The lowest BCUT2D eigenvalue weighted by atomic mass is 10.1. The fraction of sp³-hybridized carbons (Fsp3) is 0.353. The van der Waals surface area contributed by atoms with Crippen molar-refractivity contribution in [2.45, 2.75) is 25.3 Å². The summed E-state index contributed by atoms with van der Waals surface area (Å²) in [5.74, 6) is -4.72. The van der Waals surface area contributed by atoms with E-state index < -0.39 is 41.4 Å². The van der Waals surface area contributed by atoms with E-state index in [1.807, 2.05) is 0 Å². The highest BCUT2D eigenvalue weighted by Crippen LogP contribution is 2.28. The zero-order valence-electron chi connectivity index (χ0n) is 13.4. The van der Waals surface area contributed by atoms with Gasteiger partial charge < -0.3 is 15.3 Å². The molecule has 6 nitrogen and oxygen atoms in total. The molecular weight excluding hydrogens is 334 g/mol. The number of hydrogen-bond acceptors (Lipinski definition) is 3. The number of nitrogens with one attached hydrogen (secondary N) is 1. The molecule has 2 atom stereocenters. The minimum absolute atomic E-state index is 0.0962. The average Bonchev–Trinajstić information content (AvgIpc) is 2.93. The van der Waals surface area contributed by atoms with Crippen LogP contribution in [0.5, 0.6) is 0 Å². The van der Waals surface area contributed by atoms with Crippen molar-refractivity contribution in [2.75, 3.05) is 11.4 Å². The highest BCUT2D eigenvalue weighted by atomic mass is 19.1. The minimum atomic E-state index is -1.18. The predicted octanol–water partition coefficient (Wildman–Crippen LogP) is 1.85. The summed E-state index contributed by atoms with van der Waals surface area (Å²) in [6, 6.07) is 1.73. The number of benzene rings is 1. The lowest BCUT2D eigenvalue weighted by molar-refractivity contribution is -0.142. The van der Waals surface area contributed by atoms with Crippen molar-refractivity contribution >= 4 is 23.5 Å². The van der Waals surface area contributed by atoms with Gasteiger partial charge in [-0.2, -0.15) is 0 Å². The van der Waals surface area contributed by atoms with Crippen LogP contribution >= 0.6 is 0 Å². The molecular formula is C17H18F2N2O4. The number of halogens is 2. The van der Waals surface area contributed by atoms with Crippen LogP contribution in [0, 0.1) is 17.6 Å². The van der Waals surface area contributed by atoms with E-state index in [4.69, 9.17) is 5.11 Å². The molecule has 1 heterocycles. The van der Waals surface area contributed by atoms with E-state index in [1.165, 1.54) is 0 Å². The van der Waals surface area contributed by atoms with E-state index in [2.05, 4.69) is 11.9 Å². The van der Waals surface area contributed by atoms with Crippen molar-refractivity contribution in [3.63, 3.8) is 0 Å². The van der Waals surface area contributed by atoms with Crippen molar-refractivity contribution in [1.29, 1.82) is 0 Å². The Kier molecular flexibility index (Phi) is 5.84. The molecule has 1 saturated heterocycles. The lowest BCUT2D eigenvalue weighted by Crippen LogP contribution is -2.44. The molecule has 2 rings (SSSR count). The number of carbonyl (C=O) groups is 3. The van der Waals surface area contributed by atoms with Crippen LogP contribution < -0.4 is 10.2 Å². The van der Waals surface area contributed by atoms with Gasteiger partial charge in [0.25, 0.3) is 0 Å². The largest absolute Gasteiger partial charge is 0.480 e. The number of nitrogens with zero attached hydrogens (tertiary/aromatic N) is 1. The summed E-state index contributed by atoms with van der Waals surface area (Å²) in [7, 11) is 0. The van der Waals surface area contributed by atoms with Crippen molar-refractivity contribution < 1.29 is 28.3 Å². The summed E-state index contributed by atoms with van der Waals surface area (Å²) in [4.78, 5) is 36.6. The maximum absolute atomic E-state index is 13.8. The van der Waals surface area contributed by atoms with Gasteiger partial charge in [-0.15, -0.1) is 6.58 Å². The third-order valence-corrected chi connectivity index (χ3v) is 3.97. The van der Waals surface area contributed by atoms with Crippen molar-refractivity contribution in [3.05, 3.63) is 42.5 Å². The third-order valence-electron chi connectivity index (χ3n) is 3.97. The normalized spacial score (nSPS) is 18.1. The van der Waals surface area contributed by atoms with Gasteiger partial charge in [-0.25, -0.2) is 13.6 Å². The van der Waals surface area contributed by atoms with Gasteiger partial charge in [-0.1, -0.05) is 6.08 Å². The molecule has 1 aromatic rings. The molecule has 0 aliphatic carbocycles. The maximum atomic E-state index is 13.8. The molecule has 1 aliphatic heterocycles. The van der Waals surface area contributed by atoms with Gasteiger partial charge in [0, 0.05) is 19.0 Å². The smallest absolute Gasteiger partial charge is 0.326 e. The molecule has 134 valence electrons. The summed E-state index contributed by atoms with van der Waals surface area (Å²) < 4.78 is 26.8. The summed E-state index contributed by atoms with van der Waals surface area (Å²) in [6.45, 7) is 3.40. The summed E-state index contributed by atoms with van der Waals surface area (Å²) in [6.07, 6.45) is 1.96. The van der Waals surface area contributed by atoms with Crippen LogP contribution in [0.4, 0.5) is 14.5 Å². The Morgan fingerprint density at radius 1 is 1.44 bits per heavy atom. The first-order valence-corrected chi connectivity index (χ1v) is 7.73. The zero-order valence-corrected chi connectivity index (χ0v) is 13.4. The number of rotatable bonds is 7. The summed E-state index contributed by atoms with van der Waals surface area (Å²) in [5, 5.41) is 11.5. The van der Waals surface area contributed by atoms with E-state index in [9.17, 15) is 23.2 Å². The molecule has 8 heteroatoms. The van der Waals surface area contributed by atoms with Crippen LogP contribution in [0.25, 0.3) is 0 Å². The second-order valence-corrected chi connectivity index (χ2v) is 5.77. The first kappa shape index (κ1) is 18.6. The van der Waals surface area contributed by atoms with Gasteiger partial charge in [0.1, 0.15) is 17.7 Å². The van der Waals surface area contributed by atoms with Crippen LogP contribution in [-0.4, -0.2) is 35.5 Å². The highest BCUT2D eigenvalue weighted by molar-refractivity contribution is 6.00. The van der Waals surface area contributed by atoms with Crippen LogP contribution in [0.2, 0.25) is 0 Å². The van der Waals surface area contributed by atoms with Gasteiger partial charge >= 0.3 is 5.97 Å². The van der Waals surface area contributed by atoms with Gasteiger partial charge in [0.05, 0.1) is 11.6 Å². The Hall–Kier alpha value is -2.77. The van der Waals surface area contributed by atoms with Gasteiger partial charge in [0.2, 0.25) is 11.8 Å². The fourth-order valence-corrected chi connectivity index (χ4v) is 2.65. The van der Waals surface area contributed by atoms with Crippen LogP contribution in [0.1, 0.15) is 19.3 Å². The predicted molar refractivity (Wildman–Crippen MR) is 85.8 cm³/mol. The average molecular weight is 352 g/mol. The number of anilines is 1. The van der Waals surface area contributed by atoms with Gasteiger partial charge in [-0.05, 0) is 25.0 Å². The van der Waals surface area contributed by atoms with E-state index in [1.54, 1.807) is 6.08 Å². The Balaban J connectivity index is 2.06. The van der Waals surface area contributed by atoms with Crippen molar-refractivity contribution in [3.8, 4) is 0 Å². The standard InChI is InChI=1S/C17H18F2N2O4/c1-2-3-4-13(17(24)25)20-16(23)10-7-15(22)21(9-10)14-6-5-11(18)8-12(14)19/h2,5-6,8,10,13H,1,3-4,7,9H2,(H,20,23)(H,24,25). The maximum Gasteiger partial charge on any atom is 0.326 e. The van der Waals surface area contributed by atoms with E-state index >= 15 is 0 Å². The molecule has 2 amide bonds. The van der Waals surface area contributed by atoms with Crippen molar-refractivity contribution in [1.82, 2.24) is 5.32 Å². The fourth-order valence-electron chi connectivity index (χ4n) is 2.65. The number of carbonyl (C=O) groups excluding carboxylic acids is 2. The van der Waals surface area contributed by atoms with Crippen LogP contribution in [0.15, 0.2) is 30.9 Å². The Morgan fingerprint density at radius 3 is 2.76 bits per heavy atom. The number of carboxylic acids is 1. The summed E-state index contributed by atoms with van der Waals surface area (Å²) in [5.41, 5.74) is -0.108. The molecule has 2 unspecified atom stereocenters. The molecule has 1 aromatic carbocycles. The third kappa shape index (κ3) is 4.40.